The van der Waals surface area contributed by atoms with Crippen LogP contribution < -0.4 is 0 Å². The first-order valence-electron chi connectivity index (χ1n) is 19.7. The fraction of sp³-hybridized carbons (Fsp3) is 1.00. The highest BCUT2D eigenvalue weighted by Crippen LogP contribution is 2.46. The molecule has 4 saturated carbocycles. The van der Waals surface area contributed by atoms with Gasteiger partial charge in [-0.2, -0.15) is 11.8 Å². The summed E-state index contributed by atoms with van der Waals surface area (Å²) >= 11 is 2.13. The minimum absolute atomic E-state index is 0.0451. The van der Waals surface area contributed by atoms with E-state index in [0.29, 0.717) is 11.5 Å². The number of hydrogen-bond donors (Lipinski definition) is 1. The molecule has 0 aromatic rings. The lowest BCUT2D eigenvalue weighted by atomic mass is 9.64. The highest BCUT2D eigenvalue weighted by molar-refractivity contribution is 7.99. The maximum Gasteiger partial charge on any atom is 0.155 e. The summed E-state index contributed by atoms with van der Waals surface area (Å²) in [4.78, 5) is 0. The Bertz CT molecular complexity index is 751. The van der Waals surface area contributed by atoms with Crippen molar-refractivity contribution in [3.8, 4) is 0 Å². The number of aliphatic hydroxyl groups is 1. The molecule has 0 saturated heterocycles. The molecule has 3 nitrogen and oxygen atoms in total. The maximum absolute atomic E-state index is 10.3. The zero-order valence-corrected chi connectivity index (χ0v) is 30.9. The largest absolute Gasteiger partial charge is 0.393 e. The molecule has 0 heterocycles. The van der Waals surface area contributed by atoms with Crippen LogP contribution in [0.3, 0.4) is 0 Å². The van der Waals surface area contributed by atoms with E-state index < -0.39 is 0 Å². The van der Waals surface area contributed by atoms with Gasteiger partial charge in [-0.3, -0.25) is 0 Å². The van der Waals surface area contributed by atoms with Gasteiger partial charge in [0, 0.05) is 11.0 Å². The smallest absolute Gasteiger partial charge is 0.155 e. The van der Waals surface area contributed by atoms with Crippen LogP contribution in [-0.2, 0) is 9.47 Å². The van der Waals surface area contributed by atoms with Crippen LogP contribution in [0.4, 0.5) is 0 Å². The van der Waals surface area contributed by atoms with E-state index >= 15 is 0 Å². The molecular formula is C40H74O3S. The van der Waals surface area contributed by atoms with Gasteiger partial charge in [-0.1, -0.05) is 60.3 Å². The summed E-state index contributed by atoms with van der Waals surface area (Å²) in [7, 11) is 0. The predicted octanol–water partition coefficient (Wildman–Crippen LogP) is 11.5. The van der Waals surface area contributed by atoms with Gasteiger partial charge in [-0.05, 0) is 156 Å². The second kappa shape index (κ2) is 18.7. The van der Waals surface area contributed by atoms with Crippen LogP contribution in [0.15, 0.2) is 0 Å². The molecule has 4 fully saturated rings. The first-order chi connectivity index (χ1) is 21.1. The summed E-state index contributed by atoms with van der Waals surface area (Å²) in [6.07, 6.45) is 26.9. The lowest BCUT2D eigenvalue weighted by Gasteiger charge is -2.42. The van der Waals surface area contributed by atoms with Gasteiger partial charge in [0.05, 0.1) is 18.8 Å². The molecule has 1 N–H and O–H groups in total. The lowest BCUT2D eigenvalue weighted by molar-refractivity contribution is -0.166. The van der Waals surface area contributed by atoms with Crippen LogP contribution in [0.2, 0.25) is 0 Å². The lowest BCUT2D eigenvalue weighted by Crippen LogP contribution is -2.33. The van der Waals surface area contributed by atoms with Gasteiger partial charge in [0.2, 0.25) is 0 Å². The van der Waals surface area contributed by atoms with Crippen molar-refractivity contribution in [2.24, 2.45) is 46.8 Å². The van der Waals surface area contributed by atoms with Crippen LogP contribution in [0.1, 0.15) is 170 Å². The van der Waals surface area contributed by atoms with Gasteiger partial charge in [-0.15, -0.1) is 0 Å². The Morgan fingerprint density at radius 2 is 1.30 bits per heavy atom. The van der Waals surface area contributed by atoms with Gasteiger partial charge in [0.1, 0.15) is 0 Å². The van der Waals surface area contributed by atoms with Crippen molar-refractivity contribution in [2.75, 3.05) is 12.4 Å². The summed E-state index contributed by atoms with van der Waals surface area (Å²) in [6.45, 7) is 15.4. The van der Waals surface area contributed by atoms with E-state index in [1.807, 2.05) is 0 Å². The molecule has 4 aliphatic rings. The van der Waals surface area contributed by atoms with E-state index in [4.69, 9.17) is 9.47 Å². The number of thioether (sulfide) groups is 1. The normalized spacial score (nSPS) is 33.9. The second-order valence-corrected chi connectivity index (χ2v) is 18.6. The van der Waals surface area contributed by atoms with E-state index in [2.05, 4.69) is 53.3 Å². The molecule has 44 heavy (non-hydrogen) atoms. The molecule has 4 aliphatic carbocycles. The quantitative estimate of drug-likeness (QED) is 0.144. The molecule has 0 bridgehead atoms. The summed E-state index contributed by atoms with van der Waals surface area (Å²) in [5, 5.41) is 11.2. The summed E-state index contributed by atoms with van der Waals surface area (Å²) in [5.74, 6) is 7.17. The monoisotopic (exact) mass is 635 g/mol. The molecule has 4 unspecified atom stereocenters. The molecular weight excluding hydrogens is 561 g/mol. The third-order valence-corrected chi connectivity index (χ3v) is 14.5. The Hall–Kier alpha value is 0.230. The Morgan fingerprint density at radius 1 is 0.705 bits per heavy atom. The predicted molar refractivity (Wildman–Crippen MR) is 190 cm³/mol. The Kier molecular flexibility index (Phi) is 15.7. The van der Waals surface area contributed by atoms with Gasteiger partial charge in [0.25, 0.3) is 0 Å². The minimum atomic E-state index is -0.0727. The van der Waals surface area contributed by atoms with Crippen molar-refractivity contribution < 1.29 is 14.6 Å². The molecule has 0 radical (unpaired) electrons. The minimum Gasteiger partial charge on any atom is -0.393 e. The van der Waals surface area contributed by atoms with Crippen LogP contribution in [0.25, 0.3) is 0 Å². The average molecular weight is 635 g/mol. The van der Waals surface area contributed by atoms with Gasteiger partial charge in [0.15, 0.2) is 6.29 Å². The van der Waals surface area contributed by atoms with Gasteiger partial charge in [-0.25, -0.2) is 0 Å². The number of ether oxygens (including phenoxy) is 2. The Balaban J connectivity index is 1.22. The van der Waals surface area contributed by atoms with Crippen molar-refractivity contribution >= 4 is 11.8 Å². The Morgan fingerprint density at radius 3 is 1.91 bits per heavy atom. The average Bonchev–Trinajstić information content (AvgIpc) is 3.02. The highest BCUT2D eigenvalue weighted by Gasteiger charge is 2.36. The molecule has 0 spiro atoms. The third-order valence-electron chi connectivity index (χ3n) is 13.1. The fourth-order valence-corrected chi connectivity index (χ4v) is 11.2. The molecule has 4 atom stereocenters. The highest BCUT2D eigenvalue weighted by atomic mass is 32.2. The molecule has 0 aromatic heterocycles. The zero-order valence-electron chi connectivity index (χ0n) is 30.1. The number of hydrogen-bond acceptors (Lipinski definition) is 4. The van der Waals surface area contributed by atoms with Crippen LogP contribution >= 0.6 is 11.8 Å². The first kappa shape index (κ1) is 37.1. The van der Waals surface area contributed by atoms with Crippen molar-refractivity contribution in [2.45, 2.75) is 194 Å². The van der Waals surface area contributed by atoms with E-state index in [1.165, 1.54) is 116 Å². The number of rotatable bonds is 15. The van der Waals surface area contributed by atoms with Gasteiger partial charge >= 0.3 is 0 Å². The SMILES string of the molecule is CCC(CC(CC(C)C1CCC(C(C)(C)C)CC1)C1CCC(O)CC1)C1CCC(OC(C)OCCSC2CCCCC2)CC1. The molecule has 0 aliphatic heterocycles. The van der Waals surface area contributed by atoms with Crippen molar-refractivity contribution in [1.82, 2.24) is 0 Å². The fourth-order valence-electron chi connectivity index (χ4n) is 10.0. The van der Waals surface area contributed by atoms with Crippen LogP contribution in [0, 0.1) is 46.8 Å². The van der Waals surface area contributed by atoms with Gasteiger partial charge < -0.3 is 14.6 Å². The topological polar surface area (TPSA) is 38.7 Å². The molecule has 258 valence electrons. The Labute approximate surface area is 278 Å². The summed E-state index contributed by atoms with van der Waals surface area (Å²) in [5.41, 5.74) is 0.469. The van der Waals surface area contributed by atoms with E-state index in [0.717, 1.165) is 71.9 Å². The molecule has 0 amide bonds. The molecule has 0 aromatic carbocycles. The van der Waals surface area contributed by atoms with Crippen molar-refractivity contribution in [1.29, 1.82) is 0 Å². The second-order valence-electron chi connectivity index (χ2n) is 17.2. The first-order valence-corrected chi connectivity index (χ1v) is 20.7. The van der Waals surface area contributed by atoms with Crippen molar-refractivity contribution in [3.63, 3.8) is 0 Å². The summed E-state index contributed by atoms with van der Waals surface area (Å²) in [6, 6.07) is 0. The van der Waals surface area contributed by atoms with E-state index in [1.54, 1.807) is 0 Å². The standard InChI is InChI=1S/C40H74O3S/c1-7-31(33-17-23-38(24-18-33)43-30(3)42-25-26-44-39-11-9-8-10-12-39)28-35(34-15-21-37(41)22-16-34)27-29(2)32-13-19-36(20-14-32)40(4,5)6/h29-39,41H,7-28H2,1-6H3. The summed E-state index contributed by atoms with van der Waals surface area (Å²) < 4.78 is 12.5. The zero-order chi connectivity index (χ0) is 31.5. The van der Waals surface area contributed by atoms with Crippen LogP contribution in [-0.4, -0.2) is 41.2 Å². The van der Waals surface area contributed by atoms with E-state index in [-0.39, 0.29) is 12.4 Å². The van der Waals surface area contributed by atoms with Crippen molar-refractivity contribution in [3.05, 3.63) is 0 Å². The third kappa shape index (κ3) is 12.0. The maximum atomic E-state index is 10.3. The van der Waals surface area contributed by atoms with E-state index in [9.17, 15) is 5.11 Å². The number of aliphatic hydroxyl groups excluding tert-OH is 1. The van der Waals surface area contributed by atoms with Crippen LogP contribution in [0.5, 0.6) is 0 Å². The molecule has 4 rings (SSSR count). The molecule has 4 heteroatoms.